The highest BCUT2D eigenvalue weighted by Gasteiger charge is 2.12. The Balaban J connectivity index is 2.21. The van der Waals surface area contributed by atoms with E-state index in [1.807, 2.05) is 36.4 Å². The van der Waals surface area contributed by atoms with Crippen molar-refractivity contribution in [2.75, 3.05) is 0 Å². The molecule has 0 N–H and O–H groups in total. The molecular formula is C14H9ClN4. The Bertz CT molecular complexity index is 686. The van der Waals surface area contributed by atoms with Gasteiger partial charge >= 0.3 is 0 Å². The van der Waals surface area contributed by atoms with Gasteiger partial charge in [-0.1, -0.05) is 12.1 Å². The molecule has 3 heterocycles. The number of hydrogen-bond acceptors (Lipinski definition) is 4. The van der Waals surface area contributed by atoms with E-state index >= 15 is 0 Å². The summed E-state index contributed by atoms with van der Waals surface area (Å²) in [5, 5.41) is 0.195. The smallest absolute Gasteiger partial charge is 0.222 e. The number of rotatable bonds is 2. The molecule has 3 rings (SSSR count). The Kier molecular flexibility index (Phi) is 3.16. The number of pyridine rings is 2. The third-order valence-corrected chi connectivity index (χ3v) is 2.79. The highest BCUT2D eigenvalue weighted by atomic mass is 35.5. The predicted octanol–water partition coefficient (Wildman–Crippen LogP) is 3.25. The van der Waals surface area contributed by atoms with Crippen LogP contribution in [0.4, 0.5) is 0 Å². The Morgan fingerprint density at radius 3 is 2.11 bits per heavy atom. The highest BCUT2D eigenvalue weighted by molar-refractivity contribution is 6.28. The van der Waals surface area contributed by atoms with E-state index in [4.69, 9.17) is 11.6 Å². The van der Waals surface area contributed by atoms with Crippen LogP contribution in [0.15, 0.2) is 55.0 Å². The van der Waals surface area contributed by atoms with Crippen molar-refractivity contribution in [2.24, 2.45) is 0 Å². The number of aromatic nitrogens is 4. The van der Waals surface area contributed by atoms with Crippen LogP contribution >= 0.6 is 11.6 Å². The van der Waals surface area contributed by atoms with Gasteiger partial charge < -0.3 is 0 Å². The van der Waals surface area contributed by atoms with E-state index in [1.54, 1.807) is 18.6 Å². The normalized spacial score (nSPS) is 10.4. The van der Waals surface area contributed by atoms with E-state index in [1.165, 1.54) is 0 Å². The first-order chi connectivity index (χ1) is 9.34. The fraction of sp³-hybridized carbons (Fsp3) is 0. The summed E-state index contributed by atoms with van der Waals surface area (Å²) in [5.41, 5.74) is 3.02. The maximum absolute atomic E-state index is 5.88. The zero-order valence-electron chi connectivity index (χ0n) is 9.86. The number of hydrogen-bond donors (Lipinski definition) is 0. The number of halogens is 1. The molecule has 0 fully saturated rings. The van der Waals surface area contributed by atoms with Crippen LogP contribution < -0.4 is 0 Å². The quantitative estimate of drug-likeness (QED) is 0.670. The Labute approximate surface area is 115 Å². The Morgan fingerprint density at radius 1 is 0.789 bits per heavy atom. The summed E-state index contributed by atoms with van der Waals surface area (Å²) in [6, 6.07) is 11.3. The second kappa shape index (κ2) is 5.12. The molecule has 0 aliphatic carbocycles. The number of nitrogens with zero attached hydrogens (tertiary/aromatic N) is 4. The van der Waals surface area contributed by atoms with Crippen LogP contribution in [0.5, 0.6) is 0 Å². The minimum absolute atomic E-state index is 0.195. The molecule has 0 unspecified atom stereocenters. The summed E-state index contributed by atoms with van der Waals surface area (Å²) in [5.74, 6) is 0. The van der Waals surface area contributed by atoms with Crippen LogP contribution in [0.1, 0.15) is 0 Å². The van der Waals surface area contributed by atoms with Crippen LogP contribution in [0.3, 0.4) is 0 Å². The molecule has 19 heavy (non-hydrogen) atoms. The van der Waals surface area contributed by atoms with Crippen molar-refractivity contribution in [1.29, 1.82) is 0 Å². The molecule has 0 saturated heterocycles. The zero-order valence-corrected chi connectivity index (χ0v) is 10.6. The molecule has 3 aromatic heterocycles. The zero-order chi connectivity index (χ0) is 13.1. The van der Waals surface area contributed by atoms with Crippen molar-refractivity contribution >= 4 is 11.6 Å². The Hall–Kier alpha value is -2.33. The lowest BCUT2D eigenvalue weighted by Gasteiger charge is -2.07. The van der Waals surface area contributed by atoms with Crippen molar-refractivity contribution in [2.45, 2.75) is 0 Å². The lowest BCUT2D eigenvalue weighted by Crippen LogP contribution is -1.95. The minimum Gasteiger partial charge on any atom is -0.256 e. The molecule has 0 amide bonds. The van der Waals surface area contributed by atoms with E-state index in [-0.39, 0.29) is 5.28 Å². The second-order valence-corrected chi connectivity index (χ2v) is 4.17. The molecular weight excluding hydrogens is 260 g/mol. The molecule has 4 nitrogen and oxygen atoms in total. The van der Waals surface area contributed by atoms with Gasteiger partial charge in [0.25, 0.3) is 0 Å². The Morgan fingerprint density at radius 2 is 1.47 bits per heavy atom. The molecule has 0 radical (unpaired) electrons. The van der Waals surface area contributed by atoms with Crippen LogP contribution in [0.2, 0.25) is 5.28 Å². The topological polar surface area (TPSA) is 51.6 Å². The summed E-state index contributed by atoms with van der Waals surface area (Å²) >= 11 is 5.88. The van der Waals surface area contributed by atoms with Crippen molar-refractivity contribution in [3.63, 3.8) is 0 Å². The van der Waals surface area contributed by atoms with Crippen LogP contribution in [0.25, 0.3) is 22.6 Å². The van der Waals surface area contributed by atoms with Crippen LogP contribution in [0, 0.1) is 0 Å². The fourth-order valence-electron chi connectivity index (χ4n) is 1.77. The molecule has 0 bridgehead atoms. The fourth-order valence-corrected chi connectivity index (χ4v) is 1.90. The van der Waals surface area contributed by atoms with E-state index < -0.39 is 0 Å². The van der Waals surface area contributed by atoms with Crippen molar-refractivity contribution in [1.82, 2.24) is 19.9 Å². The summed E-state index contributed by atoms with van der Waals surface area (Å²) in [6.45, 7) is 0. The lowest BCUT2D eigenvalue weighted by molar-refractivity contribution is 1.14. The third-order valence-electron chi connectivity index (χ3n) is 2.61. The van der Waals surface area contributed by atoms with Gasteiger partial charge in [-0.2, -0.15) is 0 Å². The second-order valence-electron chi connectivity index (χ2n) is 3.83. The van der Waals surface area contributed by atoms with Gasteiger partial charge in [0.2, 0.25) is 5.28 Å². The minimum atomic E-state index is 0.195. The summed E-state index contributed by atoms with van der Waals surface area (Å²) in [4.78, 5) is 16.9. The molecule has 0 saturated carbocycles. The molecule has 0 aliphatic heterocycles. The van der Waals surface area contributed by atoms with Crippen LogP contribution in [-0.4, -0.2) is 19.9 Å². The van der Waals surface area contributed by atoms with E-state index in [2.05, 4.69) is 19.9 Å². The first kappa shape index (κ1) is 11.7. The van der Waals surface area contributed by atoms with Crippen molar-refractivity contribution in [3.8, 4) is 22.6 Å². The largest absolute Gasteiger partial charge is 0.256 e. The van der Waals surface area contributed by atoms with Gasteiger partial charge in [0.15, 0.2) is 0 Å². The van der Waals surface area contributed by atoms with Gasteiger partial charge in [-0.3, -0.25) is 9.97 Å². The first-order valence-corrected chi connectivity index (χ1v) is 6.08. The maximum atomic E-state index is 5.88. The average Bonchev–Trinajstić information content (AvgIpc) is 2.49. The molecule has 0 aromatic carbocycles. The lowest BCUT2D eigenvalue weighted by atomic mass is 10.1. The molecule has 0 atom stereocenters. The highest BCUT2D eigenvalue weighted by Crippen LogP contribution is 2.27. The summed E-state index contributed by atoms with van der Waals surface area (Å²) in [6.07, 6.45) is 5.11. The third kappa shape index (κ3) is 2.44. The monoisotopic (exact) mass is 268 g/mol. The van der Waals surface area contributed by atoms with Gasteiger partial charge in [0.05, 0.1) is 11.4 Å². The van der Waals surface area contributed by atoms with Crippen molar-refractivity contribution in [3.05, 3.63) is 60.3 Å². The maximum Gasteiger partial charge on any atom is 0.222 e. The molecule has 3 aromatic rings. The predicted molar refractivity (Wildman–Crippen MR) is 73.5 cm³/mol. The van der Waals surface area contributed by atoms with Gasteiger partial charge in [0.1, 0.15) is 5.69 Å². The molecule has 0 aliphatic rings. The standard InChI is InChI=1S/C14H9ClN4/c15-14-18-9-10(11-5-1-3-7-16-11)13(19-14)12-6-2-4-8-17-12/h1-9H. The van der Waals surface area contributed by atoms with E-state index in [9.17, 15) is 0 Å². The summed E-state index contributed by atoms with van der Waals surface area (Å²) < 4.78 is 0. The summed E-state index contributed by atoms with van der Waals surface area (Å²) in [7, 11) is 0. The molecule has 92 valence electrons. The van der Waals surface area contributed by atoms with Gasteiger partial charge in [0, 0.05) is 24.2 Å². The van der Waals surface area contributed by atoms with Gasteiger partial charge in [-0.15, -0.1) is 0 Å². The molecule has 0 spiro atoms. The molecule has 5 heteroatoms. The SMILES string of the molecule is Clc1ncc(-c2ccccn2)c(-c2ccccn2)n1. The first-order valence-electron chi connectivity index (χ1n) is 5.70. The van der Waals surface area contributed by atoms with E-state index in [0.29, 0.717) is 5.69 Å². The van der Waals surface area contributed by atoms with Gasteiger partial charge in [-0.25, -0.2) is 9.97 Å². The van der Waals surface area contributed by atoms with E-state index in [0.717, 1.165) is 17.0 Å². The van der Waals surface area contributed by atoms with Crippen molar-refractivity contribution < 1.29 is 0 Å². The van der Waals surface area contributed by atoms with Gasteiger partial charge in [-0.05, 0) is 35.9 Å². The average molecular weight is 269 g/mol. The van der Waals surface area contributed by atoms with Crippen LogP contribution in [-0.2, 0) is 0 Å².